The van der Waals surface area contributed by atoms with E-state index in [1.165, 1.54) is 7.11 Å². The molecule has 0 unspecified atom stereocenters. The minimum absolute atomic E-state index is 0.277. The van der Waals surface area contributed by atoms with Crippen molar-refractivity contribution in [3.8, 4) is 23.0 Å². The highest BCUT2D eigenvalue weighted by Crippen LogP contribution is 2.30. The zero-order valence-electron chi connectivity index (χ0n) is 11.8. The molecule has 110 valence electrons. The number of nitrogens with one attached hydrogen (secondary N) is 1. The van der Waals surface area contributed by atoms with E-state index in [1.54, 1.807) is 49.6 Å². The molecule has 6 heteroatoms. The quantitative estimate of drug-likeness (QED) is 0.500. The summed E-state index contributed by atoms with van der Waals surface area (Å²) in [6.45, 7) is 0. The fourth-order valence-corrected chi connectivity index (χ4v) is 1.77. The maximum absolute atomic E-state index is 11.8. The van der Waals surface area contributed by atoms with Gasteiger partial charge in [-0.2, -0.15) is 0 Å². The Labute approximate surface area is 122 Å². The number of rotatable bonds is 5. The third-order valence-electron chi connectivity index (χ3n) is 2.83. The zero-order chi connectivity index (χ0) is 15.2. The van der Waals surface area contributed by atoms with Gasteiger partial charge in [-0.1, -0.05) is 6.07 Å². The van der Waals surface area contributed by atoms with E-state index in [-0.39, 0.29) is 5.56 Å². The van der Waals surface area contributed by atoms with E-state index in [0.717, 1.165) is 0 Å². The Morgan fingerprint density at radius 3 is 2.33 bits per heavy atom. The highest BCUT2D eigenvalue weighted by Gasteiger charge is 2.14. The van der Waals surface area contributed by atoms with Gasteiger partial charge in [0, 0.05) is 6.07 Å². The molecule has 2 rings (SSSR count). The molecule has 0 spiro atoms. The molecule has 0 saturated heterocycles. The molecule has 6 nitrogen and oxygen atoms in total. The van der Waals surface area contributed by atoms with Gasteiger partial charge in [0.2, 0.25) is 0 Å². The molecule has 1 amide bonds. The van der Waals surface area contributed by atoms with Crippen molar-refractivity contribution in [3.63, 3.8) is 0 Å². The van der Waals surface area contributed by atoms with Gasteiger partial charge >= 0.3 is 0 Å². The zero-order valence-corrected chi connectivity index (χ0v) is 11.8. The minimum atomic E-state index is -0.466. The average molecular weight is 288 g/mol. The molecule has 0 fully saturated rings. The molecule has 21 heavy (non-hydrogen) atoms. The largest absolute Gasteiger partial charge is 0.497 e. The molecule has 0 radical (unpaired) electrons. The van der Waals surface area contributed by atoms with Gasteiger partial charge in [-0.3, -0.25) is 10.2 Å². The average Bonchev–Trinajstić information content (AvgIpc) is 2.54. The molecule has 0 aromatic heterocycles. The first-order valence-electron chi connectivity index (χ1n) is 6.19. The molecular weight excluding hydrogens is 272 g/mol. The molecular formula is C15H16N2O4. The fourth-order valence-electron chi connectivity index (χ4n) is 1.77. The predicted molar refractivity (Wildman–Crippen MR) is 77.7 cm³/mol. The normalized spacial score (nSPS) is 9.86. The number of amides is 1. The van der Waals surface area contributed by atoms with Gasteiger partial charge in [0.25, 0.3) is 5.91 Å². The van der Waals surface area contributed by atoms with Crippen molar-refractivity contribution < 1.29 is 19.0 Å². The first-order chi connectivity index (χ1) is 10.2. The Balaban J connectivity index is 2.36. The lowest BCUT2D eigenvalue weighted by Gasteiger charge is -2.12. The summed E-state index contributed by atoms with van der Waals surface area (Å²) in [6.07, 6.45) is 0. The standard InChI is InChI=1S/C15H16N2O4/c1-19-10-4-3-5-12(8-10)21-14-7-6-11(20-2)9-13(14)15(18)17-16/h3-9H,16H2,1-2H3,(H,17,18). The van der Waals surface area contributed by atoms with Gasteiger partial charge in [-0.15, -0.1) is 0 Å². The van der Waals surface area contributed by atoms with Crippen molar-refractivity contribution >= 4 is 5.91 Å². The molecule has 0 aliphatic heterocycles. The third-order valence-corrected chi connectivity index (χ3v) is 2.83. The number of hydrazine groups is 1. The fraction of sp³-hybridized carbons (Fsp3) is 0.133. The lowest BCUT2D eigenvalue weighted by atomic mass is 10.1. The van der Waals surface area contributed by atoms with Crippen LogP contribution in [-0.2, 0) is 0 Å². The van der Waals surface area contributed by atoms with E-state index in [2.05, 4.69) is 5.43 Å². The summed E-state index contributed by atoms with van der Waals surface area (Å²) < 4.78 is 15.9. The minimum Gasteiger partial charge on any atom is -0.497 e. The predicted octanol–water partition coefficient (Wildman–Crippen LogP) is 2.10. The van der Waals surface area contributed by atoms with Crippen molar-refractivity contribution in [2.45, 2.75) is 0 Å². The van der Waals surface area contributed by atoms with E-state index in [9.17, 15) is 4.79 Å². The Hall–Kier alpha value is -2.73. The number of hydrogen-bond donors (Lipinski definition) is 2. The summed E-state index contributed by atoms with van der Waals surface area (Å²) in [5.74, 6) is 6.83. The summed E-state index contributed by atoms with van der Waals surface area (Å²) in [6, 6.07) is 12.0. The number of carbonyl (C=O) groups is 1. The van der Waals surface area contributed by atoms with Crippen molar-refractivity contribution in [3.05, 3.63) is 48.0 Å². The van der Waals surface area contributed by atoms with Gasteiger partial charge in [-0.25, -0.2) is 5.84 Å². The SMILES string of the molecule is COc1cccc(Oc2ccc(OC)cc2C(=O)NN)c1. The number of ether oxygens (including phenoxy) is 3. The summed E-state index contributed by atoms with van der Waals surface area (Å²) in [5.41, 5.74) is 2.36. The number of benzene rings is 2. The van der Waals surface area contributed by atoms with Crippen molar-refractivity contribution in [2.24, 2.45) is 5.84 Å². The Morgan fingerprint density at radius 1 is 1.00 bits per heavy atom. The summed E-state index contributed by atoms with van der Waals surface area (Å²) >= 11 is 0. The van der Waals surface area contributed by atoms with Crippen LogP contribution in [0.5, 0.6) is 23.0 Å². The summed E-state index contributed by atoms with van der Waals surface area (Å²) in [5, 5.41) is 0. The van der Waals surface area contributed by atoms with Crippen LogP contribution in [0.4, 0.5) is 0 Å². The van der Waals surface area contributed by atoms with Gasteiger partial charge in [0.1, 0.15) is 23.0 Å². The van der Waals surface area contributed by atoms with Gasteiger partial charge < -0.3 is 14.2 Å². The second-order valence-electron chi connectivity index (χ2n) is 4.12. The van der Waals surface area contributed by atoms with Crippen LogP contribution < -0.4 is 25.5 Å². The van der Waals surface area contributed by atoms with E-state index in [0.29, 0.717) is 23.0 Å². The van der Waals surface area contributed by atoms with E-state index in [1.807, 2.05) is 0 Å². The smallest absolute Gasteiger partial charge is 0.269 e. The van der Waals surface area contributed by atoms with Gasteiger partial charge in [0.05, 0.1) is 19.8 Å². The van der Waals surface area contributed by atoms with Crippen LogP contribution in [0.2, 0.25) is 0 Å². The van der Waals surface area contributed by atoms with Crippen LogP contribution in [0.25, 0.3) is 0 Å². The first-order valence-corrected chi connectivity index (χ1v) is 6.19. The molecule has 0 saturated carbocycles. The lowest BCUT2D eigenvalue weighted by Crippen LogP contribution is -2.30. The van der Waals surface area contributed by atoms with Gasteiger partial charge in [0.15, 0.2) is 0 Å². The van der Waals surface area contributed by atoms with Crippen LogP contribution in [0.3, 0.4) is 0 Å². The maximum Gasteiger partial charge on any atom is 0.269 e. The Kier molecular flexibility index (Phi) is 4.63. The molecule has 0 heterocycles. The van der Waals surface area contributed by atoms with Crippen LogP contribution in [0.15, 0.2) is 42.5 Å². The van der Waals surface area contributed by atoms with E-state index < -0.39 is 5.91 Å². The molecule has 0 aliphatic carbocycles. The highest BCUT2D eigenvalue weighted by atomic mass is 16.5. The molecule has 3 N–H and O–H groups in total. The van der Waals surface area contributed by atoms with Gasteiger partial charge in [-0.05, 0) is 30.3 Å². The van der Waals surface area contributed by atoms with Crippen LogP contribution >= 0.6 is 0 Å². The number of nitrogen functional groups attached to an aromatic ring is 1. The Morgan fingerprint density at radius 2 is 1.67 bits per heavy atom. The number of carbonyl (C=O) groups excluding carboxylic acids is 1. The summed E-state index contributed by atoms with van der Waals surface area (Å²) in [7, 11) is 3.09. The number of methoxy groups -OCH3 is 2. The second-order valence-corrected chi connectivity index (χ2v) is 4.12. The van der Waals surface area contributed by atoms with Crippen LogP contribution in [-0.4, -0.2) is 20.1 Å². The molecule has 2 aromatic rings. The number of hydrogen-bond acceptors (Lipinski definition) is 5. The van der Waals surface area contributed by atoms with E-state index >= 15 is 0 Å². The van der Waals surface area contributed by atoms with E-state index in [4.69, 9.17) is 20.1 Å². The highest BCUT2D eigenvalue weighted by molar-refractivity contribution is 5.97. The monoisotopic (exact) mass is 288 g/mol. The first kappa shape index (κ1) is 14.7. The third kappa shape index (κ3) is 3.43. The van der Waals surface area contributed by atoms with Crippen LogP contribution in [0.1, 0.15) is 10.4 Å². The van der Waals surface area contributed by atoms with Crippen molar-refractivity contribution in [1.82, 2.24) is 5.43 Å². The maximum atomic E-state index is 11.8. The van der Waals surface area contributed by atoms with Crippen LogP contribution in [0, 0.1) is 0 Å². The lowest BCUT2D eigenvalue weighted by molar-refractivity contribution is 0.0951. The second kappa shape index (κ2) is 6.62. The summed E-state index contributed by atoms with van der Waals surface area (Å²) in [4.78, 5) is 11.8. The van der Waals surface area contributed by atoms with Crippen molar-refractivity contribution in [2.75, 3.05) is 14.2 Å². The molecule has 2 aromatic carbocycles. The Bertz CT molecular complexity index is 643. The molecule has 0 aliphatic rings. The number of nitrogens with two attached hydrogens (primary N) is 1. The molecule has 0 bridgehead atoms. The van der Waals surface area contributed by atoms with Crippen molar-refractivity contribution in [1.29, 1.82) is 0 Å². The molecule has 0 atom stereocenters. The topological polar surface area (TPSA) is 82.8 Å².